The third-order valence-corrected chi connectivity index (χ3v) is 6.34. The van der Waals surface area contributed by atoms with E-state index in [0.717, 1.165) is 32.8 Å². The van der Waals surface area contributed by atoms with Crippen molar-refractivity contribution in [3.63, 3.8) is 0 Å². The van der Waals surface area contributed by atoms with E-state index in [4.69, 9.17) is 14.2 Å². The molecule has 7 nitrogen and oxygen atoms in total. The number of nitrogens with one attached hydrogen (secondary N) is 1. The molecule has 2 aromatic carbocycles. The summed E-state index contributed by atoms with van der Waals surface area (Å²) in [6.07, 6.45) is 2.26. The maximum atomic E-state index is 15.4. The van der Waals surface area contributed by atoms with Gasteiger partial charge in [0.1, 0.15) is 35.2 Å². The Hall–Kier alpha value is -3.18. The summed E-state index contributed by atoms with van der Waals surface area (Å²) in [6.45, 7) is 5.43. The van der Waals surface area contributed by atoms with E-state index < -0.39 is 34.8 Å². The van der Waals surface area contributed by atoms with Crippen LogP contribution in [0.5, 0.6) is 11.5 Å². The Morgan fingerprint density at radius 1 is 1.13 bits per heavy atom. The van der Waals surface area contributed by atoms with Gasteiger partial charge in [0.2, 0.25) is 0 Å². The van der Waals surface area contributed by atoms with E-state index in [9.17, 15) is 13.9 Å². The lowest BCUT2D eigenvalue weighted by Crippen LogP contribution is -2.41. The summed E-state index contributed by atoms with van der Waals surface area (Å²) < 4.78 is 76.9. The first-order chi connectivity index (χ1) is 17.8. The Bertz CT molecular complexity index is 1330. The molecule has 11 heteroatoms. The molecule has 0 radical (unpaired) electrons. The third-order valence-electron chi connectivity index (χ3n) is 6.34. The Morgan fingerprint density at radius 2 is 1.84 bits per heavy atom. The van der Waals surface area contributed by atoms with Crippen LogP contribution in [0.4, 0.5) is 23.4 Å². The zero-order valence-electron chi connectivity index (χ0n) is 21.9. The predicted molar refractivity (Wildman–Crippen MR) is 134 cm³/mol. The van der Waals surface area contributed by atoms with Crippen LogP contribution in [0.3, 0.4) is 0 Å². The van der Waals surface area contributed by atoms with Crippen LogP contribution in [0.25, 0.3) is 10.9 Å². The van der Waals surface area contributed by atoms with Crippen LogP contribution in [0.2, 0.25) is 0 Å². The number of aromatic nitrogens is 2. The lowest BCUT2D eigenvalue weighted by molar-refractivity contribution is -0.170. The zero-order chi connectivity index (χ0) is 27.8. The van der Waals surface area contributed by atoms with E-state index in [2.05, 4.69) is 15.3 Å². The van der Waals surface area contributed by atoms with Crippen LogP contribution >= 0.6 is 0 Å². The summed E-state index contributed by atoms with van der Waals surface area (Å²) in [4.78, 5) is 8.55. The number of rotatable bonds is 11. The normalized spacial score (nSPS) is 15.0. The lowest BCUT2D eigenvalue weighted by atomic mass is 9.91. The van der Waals surface area contributed by atoms with Crippen molar-refractivity contribution >= 4 is 16.7 Å². The number of alkyl halides is 2. The molecular formula is C27H31F4N3O4. The minimum Gasteiger partial charge on any atom is -0.490 e. The Kier molecular flexibility index (Phi) is 7.72. The van der Waals surface area contributed by atoms with Gasteiger partial charge < -0.3 is 24.6 Å². The summed E-state index contributed by atoms with van der Waals surface area (Å²) >= 11 is 0. The number of aryl methyl sites for hydroxylation is 1. The van der Waals surface area contributed by atoms with Gasteiger partial charge in [-0.3, -0.25) is 0 Å². The average Bonchev–Trinajstić information content (AvgIpc) is 3.66. The molecule has 0 bridgehead atoms. The Morgan fingerprint density at radius 3 is 2.47 bits per heavy atom. The minimum absolute atomic E-state index is 0.0478. The van der Waals surface area contributed by atoms with Crippen molar-refractivity contribution in [1.82, 2.24) is 9.97 Å². The second-order valence-electron chi connectivity index (χ2n) is 9.86. The van der Waals surface area contributed by atoms with Crippen molar-refractivity contribution in [1.29, 1.82) is 0 Å². The quantitative estimate of drug-likeness (QED) is 0.236. The van der Waals surface area contributed by atoms with Gasteiger partial charge in [0.15, 0.2) is 17.3 Å². The van der Waals surface area contributed by atoms with Crippen molar-refractivity contribution in [2.24, 2.45) is 0 Å². The zero-order valence-corrected chi connectivity index (χ0v) is 21.9. The van der Waals surface area contributed by atoms with Crippen LogP contribution in [-0.4, -0.2) is 47.1 Å². The topological polar surface area (TPSA) is 85.7 Å². The number of halogens is 4. The van der Waals surface area contributed by atoms with Gasteiger partial charge in [-0.15, -0.1) is 0 Å². The molecule has 38 heavy (non-hydrogen) atoms. The van der Waals surface area contributed by atoms with Gasteiger partial charge in [0, 0.05) is 10.9 Å². The van der Waals surface area contributed by atoms with Crippen molar-refractivity contribution in [2.45, 2.75) is 64.2 Å². The fourth-order valence-corrected chi connectivity index (χ4v) is 4.05. The molecule has 0 unspecified atom stereocenters. The number of benzene rings is 2. The predicted octanol–water partition coefficient (Wildman–Crippen LogP) is 5.82. The van der Waals surface area contributed by atoms with Gasteiger partial charge in [-0.1, -0.05) is 12.1 Å². The van der Waals surface area contributed by atoms with Crippen molar-refractivity contribution in [2.75, 3.05) is 25.6 Å². The minimum atomic E-state index is -3.85. The molecule has 3 aromatic rings. The highest BCUT2D eigenvalue weighted by molar-refractivity contribution is 5.92. The van der Waals surface area contributed by atoms with Crippen molar-refractivity contribution in [3.05, 3.63) is 52.9 Å². The summed E-state index contributed by atoms with van der Waals surface area (Å²) in [7, 11) is 1.31. The molecule has 0 spiro atoms. The highest BCUT2D eigenvalue weighted by Crippen LogP contribution is 2.42. The highest BCUT2D eigenvalue weighted by atomic mass is 19.3. The van der Waals surface area contributed by atoms with E-state index in [1.165, 1.54) is 25.3 Å². The van der Waals surface area contributed by atoms with Crippen molar-refractivity contribution in [3.8, 4) is 11.5 Å². The molecule has 0 saturated heterocycles. The molecule has 2 N–H and O–H groups in total. The van der Waals surface area contributed by atoms with Gasteiger partial charge >= 0.3 is 5.92 Å². The molecule has 0 aliphatic heterocycles. The highest BCUT2D eigenvalue weighted by Gasteiger charge is 2.49. The Balaban J connectivity index is 1.69. The average molecular weight is 538 g/mol. The molecule has 1 aromatic heterocycles. The van der Waals surface area contributed by atoms with E-state index in [1.807, 2.05) is 0 Å². The number of nitrogens with zero attached hydrogens (tertiary/aromatic N) is 2. The van der Waals surface area contributed by atoms with Gasteiger partial charge in [0.25, 0.3) is 0 Å². The number of fused-ring (bicyclic) bond motifs is 1. The first-order valence-electron chi connectivity index (χ1n) is 12.3. The third kappa shape index (κ3) is 5.49. The molecule has 1 atom stereocenters. The molecule has 206 valence electrons. The number of hydrogen-bond acceptors (Lipinski definition) is 7. The lowest BCUT2D eigenvalue weighted by Gasteiger charge is -2.30. The van der Waals surface area contributed by atoms with E-state index in [1.54, 1.807) is 13.8 Å². The van der Waals surface area contributed by atoms with Crippen LogP contribution in [0.15, 0.2) is 24.3 Å². The number of hydrogen-bond donors (Lipinski definition) is 2. The maximum absolute atomic E-state index is 15.4. The van der Waals surface area contributed by atoms with Crippen LogP contribution in [0, 0.1) is 18.6 Å². The molecule has 1 heterocycles. The molecule has 1 fully saturated rings. The van der Waals surface area contributed by atoms with Crippen LogP contribution < -0.4 is 14.8 Å². The Labute approximate surface area is 218 Å². The van der Waals surface area contributed by atoms with Gasteiger partial charge in [-0.05, 0) is 52.7 Å². The number of ether oxygens (including phenoxy) is 3. The number of methoxy groups -OCH3 is 1. The second kappa shape index (κ2) is 10.5. The fourth-order valence-electron chi connectivity index (χ4n) is 4.05. The van der Waals surface area contributed by atoms with Crippen LogP contribution in [0.1, 0.15) is 56.6 Å². The standard InChI is InChI=1S/C27H31F4N3O4/c1-14(17-7-6-8-19(21(17)28)27(30,31)26(3,4)35)32-25-18-13-20(38-12-11-37-16-9-10-16)24(36-5)22(29)23(18)33-15(2)34-25/h6-8,13-14,16,35H,9-12H2,1-5H3,(H,32,33,34)/t14-/m1/s1. The first kappa shape index (κ1) is 27.8. The smallest absolute Gasteiger partial charge is 0.303 e. The molecule has 1 aliphatic carbocycles. The van der Waals surface area contributed by atoms with E-state index >= 15 is 8.78 Å². The van der Waals surface area contributed by atoms with Gasteiger partial charge in [-0.2, -0.15) is 8.78 Å². The molecule has 0 amide bonds. The van der Waals surface area contributed by atoms with E-state index in [-0.39, 0.29) is 52.3 Å². The first-order valence-corrected chi connectivity index (χ1v) is 12.3. The molecule has 1 aliphatic rings. The van der Waals surface area contributed by atoms with E-state index in [0.29, 0.717) is 6.61 Å². The summed E-state index contributed by atoms with van der Waals surface area (Å²) in [6, 6.07) is 4.22. The van der Waals surface area contributed by atoms with Crippen molar-refractivity contribution < 1.29 is 36.9 Å². The molecule has 4 rings (SSSR count). The summed E-state index contributed by atoms with van der Waals surface area (Å²) in [5.41, 5.74) is -3.55. The fraction of sp³-hybridized carbons (Fsp3) is 0.481. The summed E-state index contributed by atoms with van der Waals surface area (Å²) in [5, 5.41) is 13.2. The maximum Gasteiger partial charge on any atom is 0.303 e. The largest absolute Gasteiger partial charge is 0.490 e. The van der Waals surface area contributed by atoms with Crippen LogP contribution in [-0.2, 0) is 10.7 Å². The molecular weight excluding hydrogens is 506 g/mol. The second-order valence-corrected chi connectivity index (χ2v) is 9.86. The number of anilines is 1. The number of aliphatic hydroxyl groups is 1. The summed E-state index contributed by atoms with van der Waals surface area (Å²) in [5.74, 6) is -5.42. The van der Waals surface area contributed by atoms with Gasteiger partial charge in [-0.25, -0.2) is 18.7 Å². The van der Waals surface area contributed by atoms with Gasteiger partial charge in [0.05, 0.1) is 31.4 Å². The SMILES string of the molecule is COc1c(OCCOC2CC2)cc2c(N[C@H](C)c3cccc(C(F)(F)C(C)(C)O)c3F)nc(C)nc2c1F. The molecule has 1 saturated carbocycles. The monoisotopic (exact) mass is 537 g/mol.